The van der Waals surface area contributed by atoms with E-state index in [9.17, 15) is 14.3 Å². The summed E-state index contributed by atoms with van der Waals surface area (Å²) in [4.78, 5) is 17.2. The van der Waals surface area contributed by atoms with Gasteiger partial charge in [-0.15, -0.1) is 0 Å². The summed E-state index contributed by atoms with van der Waals surface area (Å²) in [6, 6.07) is 15.0. The average molecular weight is 369 g/mol. The predicted molar refractivity (Wildman–Crippen MR) is 102 cm³/mol. The van der Waals surface area contributed by atoms with Gasteiger partial charge in [0.15, 0.2) is 0 Å². The first-order valence-corrected chi connectivity index (χ1v) is 8.80. The number of aliphatic hydroxyl groups is 1. The van der Waals surface area contributed by atoms with Crippen molar-refractivity contribution in [2.75, 3.05) is 6.61 Å². The summed E-state index contributed by atoms with van der Waals surface area (Å²) in [6.45, 7) is 1.89. The van der Waals surface area contributed by atoms with Crippen LogP contribution < -0.4 is 0 Å². The number of hydrogen-bond donors (Lipinski definition) is 1. The van der Waals surface area contributed by atoms with Gasteiger partial charge in [-0.05, 0) is 42.8 Å². The topological polar surface area (TPSA) is 58.9 Å². The molecule has 4 nitrogen and oxygen atoms in total. The van der Waals surface area contributed by atoms with Gasteiger partial charge >= 0.3 is 5.97 Å². The Kier molecular flexibility index (Phi) is 5.53. The average Bonchev–Trinajstić information content (AvgIpc) is 2.93. The summed E-state index contributed by atoms with van der Waals surface area (Å²) in [5, 5.41) is 10.9. The van der Waals surface area contributed by atoms with E-state index in [1.807, 2.05) is 18.2 Å². The Morgan fingerprint density at radius 2 is 1.88 bits per heavy atom. The van der Waals surface area contributed by atoms with Crippen LogP contribution in [0.15, 0.2) is 75.8 Å². The van der Waals surface area contributed by atoms with Crippen LogP contribution in [0.1, 0.15) is 12.5 Å². The van der Waals surface area contributed by atoms with Crippen LogP contribution in [0.4, 0.5) is 10.1 Å². The van der Waals surface area contributed by atoms with Gasteiger partial charge in [0.05, 0.1) is 17.2 Å². The molecule has 0 bridgehead atoms. The molecule has 6 heteroatoms. The highest BCUT2D eigenvalue weighted by Crippen LogP contribution is 2.40. The third kappa shape index (κ3) is 4.03. The largest absolute Gasteiger partial charge is 0.506 e. The summed E-state index contributed by atoms with van der Waals surface area (Å²) < 4.78 is 18.1. The molecule has 0 aliphatic carbocycles. The monoisotopic (exact) mass is 369 g/mol. The van der Waals surface area contributed by atoms with Crippen LogP contribution in [-0.2, 0) is 9.53 Å². The minimum absolute atomic E-state index is 0.0362. The van der Waals surface area contributed by atoms with Crippen molar-refractivity contribution in [2.24, 2.45) is 4.99 Å². The molecule has 0 fully saturated rings. The fourth-order valence-corrected chi connectivity index (χ4v) is 3.36. The fraction of sp³-hybridized carbons (Fsp3) is 0.100. The van der Waals surface area contributed by atoms with Crippen LogP contribution >= 0.6 is 11.8 Å². The number of halogens is 1. The Labute approximate surface area is 154 Å². The molecular formula is C20H16FNO3S. The molecule has 1 N–H and O–H groups in total. The van der Waals surface area contributed by atoms with Crippen molar-refractivity contribution in [1.82, 2.24) is 0 Å². The maximum atomic E-state index is 13.1. The van der Waals surface area contributed by atoms with E-state index in [0.29, 0.717) is 21.2 Å². The van der Waals surface area contributed by atoms with Crippen molar-refractivity contribution in [3.63, 3.8) is 0 Å². The van der Waals surface area contributed by atoms with Crippen molar-refractivity contribution in [1.29, 1.82) is 0 Å². The van der Waals surface area contributed by atoms with Gasteiger partial charge in [0, 0.05) is 0 Å². The molecule has 0 saturated carbocycles. The summed E-state index contributed by atoms with van der Waals surface area (Å²) in [5.41, 5.74) is 1.39. The third-order valence-corrected chi connectivity index (χ3v) is 4.54. The Morgan fingerprint density at radius 1 is 1.19 bits per heavy atom. The normalized spacial score (nSPS) is 17.2. The van der Waals surface area contributed by atoms with E-state index >= 15 is 0 Å². The Balaban J connectivity index is 2.02. The molecule has 0 unspecified atom stereocenters. The van der Waals surface area contributed by atoms with Crippen molar-refractivity contribution >= 4 is 34.5 Å². The first kappa shape index (κ1) is 17.9. The van der Waals surface area contributed by atoms with Gasteiger partial charge in [-0.25, -0.2) is 14.2 Å². The van der Waals surface area contributed by atoms with Crippen LogP contribution in [-0.4, -0.2) is 22.7 Å². The molecule has 2 aromatic carbocycles. The number of benzene rings is 2. The Morgan fingerprint density at radius 3 is 2.54 bits per heavy atom. The Hall–Kier alpha value is -2.86. The number of aliphatic imine (C=N–C) groups is 1. The van der Waals surface area contributed by atoms with Crippen molar-refractivity contribution in [3.8, 4) is 0 Å². The van der Waals surface area contributed by atoms with Gasteiger partial charge in [-0.3, -0.25) is 0 Å². The summed E-state index contributed by atoms with van der Waals surface area (Å²) in [7, 11) is 0. The zero-order valence-electron chi connectivity index (χ0n) is 14.0. The minimum Gasteiger partial charge on any atom is -0.506 e. The second-order valence-corrected chi connectivity index (χ2v) is 6.39. The number of para-hydroxylation sites is 1. The molecule has 132 valence electrons. The van der Waals surface area contributed by atoms with E-state index in [1.54, 1.807) is 37.3 Å². The van der Waals surface area contributed by atoms with Crippen molar-refractivity contribution in [3.05, 3.63) is 82.2 Å². The molecule has 0 atom stereocenters. The number of rotatable bonds is 4. The minimum atomic E-state index is -0.630. The molecule has 0 radical (unpaired) electrons. The van der Waals surface area contributed by atoms with Crippen LogP contribution in [0.2, 0.25) is 0 Å². The number of aliphatic hydroxyl groups excluding tert-OH is 1. The van der Waals surface area contributed by atoms with Gasteiger partial charge in [0.25, 0.3) is 0 Å². The summed E-state index contributed by atoms with van der Waals surface area (Å²) in [5.74, 6) is -1.16. The highest BCUT2D eigenvalue weighted by molar-refractivity contribution is 8.18. The van der Waals surface area contributed by atoms with Crippen molar-refractivity contribution < 1.29 is 19.0 Å². The van der Waals surface area contributed by atoms with E-state index in [4.69, 9.17) is 4.74 Å². The molecule has 0 spiro atoms. The van der Waals surface area contributed by atoms with E-state index in [2.05, 4.69) is 4.99 Å². The molecule has 1 aliphatic heterocycles. The number of hydrogen-bond acceptors (Lipinski definition) is 5. The zero-order valence-corrected chi connectivity index (χ0v) is 14.8. The molecule has 1 aliphatic rings. The molecule has 0 saturated heterocycles. The predicted octanol–water partition coefficient (Wildman–Crippen LogP) is 5.02. The van der Waals surface area contributed by atoms with Gasteiger partial charge in [0.1, 0.15) is 22.2 Å². The van der Waals surface area contributed by atoms with E-state index in [-0.39, 0.29) is 23.8 Å². The van der Waals surface area contributed by atoms with Gasteiger partial charge in [-0.1, -0.05) is 42.1 Å². The van der Waals surface area contributed by atoms with Crippen LogP contribution in [0, 0.1) is 5.82 Å². The maximum Gasteiger partial charge on any atom is 0.344 e. The number of carbonyl (C=O) groups excluding carboxylic acids is 1. The molecule has 1 heterocycles. The zero-order chi connectivity index (χ0) is 18.5. The molecule has 0 aromatic heterocycles. The number of esters is 1. The number of thioether (sulfide) groups is 1. The fourth-order valence-electron chi connectivity index (χ4n) is 2.32. The van der Waals surface area contributed by atoms with Gasteiger partial charge in [-0.2, -0.15) is 0 Å². The van der Waals surface area contributed by atoms with Crippen LogP contribution in [0.3, 0.4) is 0 Å². The second kappa shape index (κ2) is 8.01. The highest BCUT2D eigenvalue weighted by Gasteiger charge is 2.33. The lowest BCUT2D eigenvalue weighted by molar-refractivity contribution is -0.138. The lowest BCUT2D eigenvalue weighted by Gasteiger charge is -2.03. The van der Waals surface area contributed by atoms with E-state index in [0.717, 1.165) is 0 Å². The maximum absolute atomic E-state index is 13.1. The molecular weight excluding hydrogens is 353 g/mol. The smallest absolute Gasteiger partial charge is 0.344 e. The highest BCUT2D eigenvalue weighted by atomic mass is 32.2. The number of ether oxygens (including phenoxy) is 1. The van der Waals surface area contributed by atoms with E-state index < -0.39 is 5.97 Å². The molecule has 26 heavy (non-hydrogen) atoms. The van der Waals surface area contributed by atoms with Crippen LogP contribution in [0.5, 0.6) is 0 Å². The SMILES string of the molecule is CCOC(=O)C1=C(O)C(=Cc2ccc(F)cc2)SC1=Nc1ccccc1. The lowest BCUT2D eigenvalue weighted by atomic mass is 10.1. The third-order valence-electron chi connectivity index (χ3n) is 3.52. The standard InChI is InChI=1S/C20H16FNO3S/c1-2-25-20(24)17-18(23)16(12-13-8-10-14(21)11-9-13)26-19(17)22-15-6-4-3-5-7-15/h3-12,23H,2H2,1H3. The lowest BCUT2D eigenvalue weighted by Crippen LogP contribution is -2.12. The molecule has 0 amide bonds. The van der Waals surface area contributed by atoms with Gasteiger partial charge in [0.2, 0.25) is 0 Å². The number of carbonyl (C=O) groups is 1. The molecule has 2 aromatic rings. The summed E-state index contributed by atoms with van der Waals surface area (Å²) in [6.07, 6.45) is 1.67. The first-order valence-electron chi connectivity index (χ1n) is 7.98. The van der Waals surface area contributed by atoms with Crippen molar-refractivity contribution in [2.45, 2.75) is 6.92 Å². The first-order chi connectivity index (χ1) is 12.6. The second-order valence-electron chi connectivity index (χ2n) is 5.36. The molecule has 3 rings (SSSR count). The van der Waals surface area contributed by atoms with Crippen LogP contribution in [0.25, 0.3) is 6.08 Å². The van der Waals surface area contributed by atoms with E-state index in [1.165, 1.54) is 23.9 Å². The quantitative estimate of drug-likeness (QED) is 0.769. The summed E-state index contributed by atoms with van der Waals surface area (Å²) >= 11 is 1.17. The van der Waals surface area contributed by atoms with Gasteiger partial charge < -0.3 is 9.84 Å². The number of nitrogens with zero attached hydrogens (tertiary/aromatic N) is 1. The Bertz CT molecular complexity index is 902.